The molecule has 0 heterocycles. The summed E-state index contributed by atoms with van der Waals surface area (Å²) in [4.78, 5) is 0.200. The predicted octanol–water partition coefficient (Wildman–Crippen LogP) is 2.65. The number of sulfonamides is 1. The van der Waals surface area contributed by atoms with Gasteiger partial charge in [-0.05, 0) is 55.4 Å². The van der Waals surface area contributed by atoms with Gasteiger partial charge in [0.1, 0.15) is 5.82 Å². The van der Waals surface area contributed by atoms with Crippen LogP contribution in [0.3, 0.4) is 0 Å². The molecule has 0 atom stereocenters. The molecule has 0 saturated heterocycles. The van der Waals surface area contributed by atoms with Gasteiger partial charge in [0, 0.05) is 12.2 Å². The van der Waals surface area contributed by atoms with Crippen molar-refractivity contribution in [2.24, 2.45) is 0 Å². The van der Waals surface area contributed by atoms with Gasteiger partial charge in [-0.2, -0.15) is 0 Å². The lowest BCUT2D eigenvalue weighted by molar-refractivity contribution is 0.588. The summed E-state index contributed by atoms with van der Waals surface area (Å²) < 4.78 is 38.8. The first-order valence-corrected chi connectivity index (χ1v) is 7.93. The van der Waals surface area contributed by atoms with Crippen LogP contribution in [-0.4, -0.2) is 15.5 Å². The van der Waals surface area contributed by atoms with Crippen LogP contribution in [0, 0.1) is 12.7 Å². The Hall–Kier alpha value is -1.92. The molecule has 0 amide bonds. The summed E-state index contributed by atoms with van der Waals surface area (Å²) >= 11 is 0. The molecule has 2 aromatic carbocycles. The van der Waals surface area contributed by atoms with Crippen molar-refractivity contribution in [1.82, 2.24) is 4.72 Å². The van der Waals surface area contributed by atoms with E-state index in [0.29, 0.717) is 12.2 Å². The molecular formula is C15H17FN2O2S. The minimum absolute atomic E-state index is 0.200. The predicted molar refractivity (Wildman–Crippen MR) is 81.2 cm³/mol. The number of nitrogens with one attached hydrogen (secondary N) is 2. The fourth-order valence-electron chi connectivity index (χ4n) is 1.95. The van der Waals surface area contributed by atoms with E-state index in [4.69, 9.17) is 0 Å². The monoisotopic (exact) mass is 308 g/mol. The van der Waals surface area contributed by atoms with Crippen molar-refractivity contribution in [3.63, 3.8) is 0 Å². The third-order valence-corrected chi connectivity index (χ3v) is 4.61. The van der Waals surface area contributed by atoms with Crippen LogP contribution in [0.4, 0.5) is 10.1 Å². The van der Waals surface area contributed by atoms with E-state index in [1.807, 2.05) is 6.92 Å². The molecule has 0 bridgehead atoms. The van der Waals surface area contributed by atoms with Gasteiger partial charge in [0.05, 0.1) is 4.90 Å². The molecule has 0 aromatic heterocycles. The first-order valence-electron chi connectivity index (χ1n) is 6.45. The van der Waals surface area contributed by atoms with Crippen molar-refractivity contribution >= 4 is 15.7 Å². The van der Waals surface area contributed by atoms with E-state index in [0.717, 1.165) is 11.1 Å². The van der Waals surface area contributed by atoms with Crippen molar-refractivity contribution in [2.45, 2.75) is 18.4 Å². The first-order chi connectivity index (χ1) is 9.92. The average Bonchev–Trinajstić information content (AvgIpc) is 2.46. The highest BCUT2D eigenvalue weighted by Gasteiger charge is 2.11. The quantitative estimate of drug-likeness (QED) is 0.893. The SMILES string of the molecule is CNS(=O)(=O)c1cccc(NCc2ccc(F)cc2C)c1. The molecule has 2 N–H and O–H groups in total. The standard InChI is InChI=1S/C15H17FN2O2S/c1-11-8-13(16)7-6-12(11)10-18-14-4-3-5-15(9-14)21(19,20)17-2/h3-9,17-18H,10H2,1-2H3. The summed E-state index contributed by atoms with van der Waals surface area (Å²) in [5.74, 6) is -0.265. The molecule has 0 unspecified atom stereocenters. The van der Waals surface area contributed by atoms with Crippen LogP contribution in [0.1, 0.15) is 11.1 Å². The van der Waals surface area contributed by atoms with Crippen LogP contribution in [0.15, 0.2) is 47.4 Å². The van der Waals surface area contributed by atoms with E-state index in [1.54, 1.807) is 24.3 Å². The summed E-state index contributed by atoms with van der Waals surface area (Å²) in [6, 6.07) is 11.1. The Kier molecular flexibility index (Phi) is 4.59. The highest BCUT2D eigenvalue weighted by Crippen LogP contribution is 2.17. The Bertz CT molecular complexity index is 745. The molecule has 0 radical (unpaired) electrons. The number of hydrogen-bond donors (Lipinski definition) is 2. The van der Waals surface area contributed by atoms with E-state index < -0.39 is 10.0 Å². The maximum atomic E-state index is 13.0. The maximum absolute atomic E-state index is 13.0. The summed E-state index contributed by atoms with van der Waals surface area (Å²) in [6.45, 7) is 2.33. The van der Waals surface area contributed by atoms with Crippen molar-refractivity contribution in [2.75, 3.05) is 12.4 Å². The number of rotatable bonds is 5. The van der Waals surface area contributed by atoms with E-state index in [1.165, 1.54) is 25.2 Å². The summed E-state index contributed by atoms with van der Waals surface area (Å²) in [7, 11) is -2.08. The second-order valence-electron chi connectivity index (χ2n) is 4.66. The maximum Gasteiger partial charge on any atom is 0.240 e. The number of anilines is 1. The molecule has 0 aliphatic carbocycles. The second-order valence-corrected chi connectivity index (χ2v) is 6.55. The van der Waals surface area contributed by atoms with Crippen molar-refractivity contribution in [1.29, 1.82) is 0 Å². The average molecular weight is 308 g/mol. The highest BCUT2D eigenvalue weighted by molar-refractivity contribution is 7.89. The Labute approximate surface area is 124 Å². The fraction of sp³-hybridized carbons (Fsp3) is 0.200. The van der Waals surface area contributed by atoms with Gasteiger partial charge >= 0.3 is 0 Å². The lowest BCUT2D eigenvalue weighted by Crippen LogP contribution is -2.18. The zero-order chi connectivity index (χ0) is 15.5. The van der Waals surface area contributed by atoms with E-state index in [9.17, 15) is 12.8 Å². The van der Waals surface area contributed by atoms with Crippen molar-refractivity contribution in [3.8, 4) is 0 Å². The van der Waals surface area contributed by atoms with Gasteiger partial charge in [0.25, 0.3) is 0 Å². The zero-order valence-electron chi connectivity index (χ0n) is 11.9. The molecule has 6 heteroatoms. The molecule has 2 aromatic rings. The van der Waals surface area contributed by atoms with Gasteiger partial charge < -0.3 is 5.32 Å². The number of hydrogen-bond acceptors (Lipinski definition) is 3. The third-order valence-electron chi connectivity index (χ3n) is 3.20. The van der Waals surface area contributed by atoms with Gasteiger partial charge in [-0.3, -0.25) is 0 Å². The topological polar surface area (TPSA) is 58.2 Å². The molecule has 0 fully saturated rings. The van der Waals surface area contributed by atoms with E-state index >= 15 is 0 Å². The summed E-state index contributed by atoms with van der Waals surface area (Å²) in [5, 5.41) is 3.14. The van der Waals surface area contributed by atoms with Crippen LogP contribution >= 0.6 is 0 Å². The molecule has 2 rings (SSSR count). The van der Waals surface area contributed by atoms with Crippen LogP contribution in [0.25, 0.3) is 0 Å². The minimum Gasteiger partial charge on any atom is -0.381 e. The summed E-state index contributed by atoms with van der Waals surface area (Å²) in [6.07, 6.45) is 0. The van der Waals surface area contributed by atoms with Gasteiger partial charge in [0.15, 0.2) is 0 Å². The van der Waals surface area contributed by atoms with Crippen LogP contribution in [-0.2, 0) is 16.6 Å². The number of benzene rings is 2. The molecule has 0 saturated carbocycles. The molecule has 21 heavy (non-hydrogen) atoms. The van der Waals surface area contributed by atoms with Gasteiger partial charge in [-0.15, -0.1) is 0 Å². The second kappa shape index (κ2) is 6.24. The smallest absolute Gasteiger partial charge is 0.240 e. The third kappa shape index (κ3) is 3.80. The molecule has 112 valence electrons. The normalized spacial score (nSPS) is 11.4. The van der Waals surface area contributed by atoms with E-state index in [2.05, 4.69) is 10.0 Å². The number of aryl methyl sites for hydroxylation is 1. The molecular weight excluding hydrogens is 291 g/mol. The molecule has 0 aliphatic rings. The van der Waals surface area contributed by atoms with Gasteiger partial charge in [-0.25, -0.2) is 17.5 Å². The minimum atomic E-state index is -3.46. The van der Waals surface area contributed by atoms with Crippen LogP contribution in [0.5, 0.6) is 0 Å². The van der Waals surface area contributed by atoms with Crippen LogP contribution < -0.4 is 10.0 Å². The molecule has 0 spiro atoms. The Morgan fingerprint density at radius 3 is 2.57 bits per heavy atom. The Morgan fingerprint density at radius 2 is 1.90 bits per heavy atom. The molecule has 4 nitrogen and oxygen atoms in total. The van der Waals surface area contributed by atoms with Gasteiger partial charge in [0.2, 0.25) is 10.0 Å². The lowest BCUT2D eigenvalue weighted by atomic mass is 10.1. The Balaban J connectivity index is 2.16. The van der Waals surface area contributed by atoms with E-state index in [-0.39, 0.29) is 10.7 Å². The van der Waals surface area contributed by atoms with Crippen molar-refractivity contribution < 1.29 is 12.8 Å². The molecule has 0 aliphatic heterocycles. The number of halogens is 1. The van der Waals surface area contributed by atoms with Crippen LogP contribution in [0.2, 0.25) is 0 Å². The highest BCUT2D eigenvalue weighted by atomic mass is 32.2. The van der Waals surface area contributed by atoms with Crippen molar-refractivity contribution in [3.05, 3.63) is 59.4 Å². The first kappa shape index (κ1) is 15.5. The fourth-order valence-corrected chi connectivity index (χ4v) is 2.72. The zero-order valence-corrected chi connectivity index (χ0v) is 12.7. The lowest BCUT2D eigenvalue weighted by Gasteiger charge is -2.10. The van der Waals surface area contributed by atoms with Gasteiger partial charge in [-0.1, -0.05) is 12.1 Å². The summed E-state index contributed by atoms with van der Waals surface area (Å²) in [5.41, 5.74) is 2.50. The largest absolute Gasteiger partial charge is 0.381 e. The Morgan fingerprint density at radius 1 is 1.14 bits per heavy atom.